The van der Waals surface area contributed by atoms with Gasteiger partial charge in [-0.15, -0.1) is 0 Å². The summed E-state index contributed by atoms with van der Waals surface area (Å²) in [5.41, 5.74) is 3.07. The highest BCUT2D eigenvalue weighted by Crippen LogP contribution is 2.33. The zero-order valence-corrected chi connectivity index (χ0v) is 13.6. The molecule has 19 heavy (non-hydrogen) atoms. The molecule has 0 amide bonds. The maximum atomic E-state index is 6.08. The second-order valence-electron chi connectivity index (χ2n) is 4.15. The highest BCUT2D eigenvalue weighted by Gasteiger charge is 2.07. The smallest absolute Gasteiger partial charge is 0.0642 e. The van der Waals surface area contributed by atoms with E-state index in [1.807, 2.05) is 42.6 Å². The monoisotopic (exact) mass is 398 g/mol. The maximum absolute atomic E-state index is 6.08. The number of aromatic nitrogens is 1. The molecule has 1 heterocycles. The lowest BCUT2D eigenvalue weighted by molar-refractivity contribution is 1.46. The third-order valence-corrected chi connectivity index (χ3v) is 4.57. The van der Waals surface area contributed by atoms with Crippen molar-refractivity contribution in [3.05, 3.63) is 56.6 Å². The number of aromatic amines is 1. The summed E-state index contributed by atoms with van der Waals surface area (Å²) >= 11 is 13.0. The van der Waals surface area contributed by atoms with Gasteiger partial charge in [-0.3, -0.25) is 0 Å². The van der Waals surface area contributed by atoms with Crippen LogP contribution in [0.4, 0.5) is 11.4 Å². The number of hydrogen-bond donors (Lipinski definition) is 2. The Bertz CT molecular complexity index is 735. The van der Waals surface area contributed by atoms with Crippen LogP contribution in [-0.4, -0.2) is 4.98 Å². The zero-order chi connectivity index (χ0) is 13.4. The van der Waals surface area contributed by atoms with E-state index in [0.29, 0.717) is 5.02 Å². The van der Waals surface area contributed by atoms with Gasteiger partial charge in [-0.05, 0) is 52.3 Å². The Hall–Kier alpha value is -0.970. The number of hydrogen-bond acceptors (Lipinski definition) is 1. The Morgan fingerprint density at radius 2 is 1.79 bits per heavy atom. The molecule has 2 aromatic carbocycles. The molecule has 2 N–H and O–H groups in total. The van der Waals surface area contributed by atoms with E-state index >= 15 is 0 Å². The van der Waals surface area contributed by atoms with Crippen molar-refractivity contribution in [3.63, 3.8) is 0 Å². The largest absolute Gasteiger partial charge is 0.359 e. The second kappa shape index (κ2) is 5.19. The summed E-state index contributed by atoms with van der Waals surface area (Å²) in [6.07, 6.45) is 1.94. The number of rotatable bonds is 2. The van der Waals surface area contributed by atoms with Crippen molar-refractivity contribution in [1.29, 1.82) is 0 Å². The minimum absolute atomic E-state index is 0.699. The fourth-order valence-electron chi connectivity index (χ4n) is 1.91. The Kier molecular flexibility index (Phi) is 3.56. The summed E-state index contributed by atoms with van der Waals surface area (Å²) in [4.78, 5) is 3.21. The maximum Gasteiger partial charge on any atom is 0.0642 e. The summed E-state index contributed by atoms with van der Waals surface area (Å²) < 4.78 is 1.95. The van der Waals surface area contributed by atoms with Crippen molar-refractivity contribution < 1.29 is 0 Å². The molecule has 0 spiro atoms. The van der Waals surface area contributed by atoms with Crippen molar-refractivity contribution in [2.75, 3.05) is 5.32 Å². The highest BCUT2D eigenvalue weighted by molar-refractivity contribution is 9.10. The van der Waals surface area contributed by atoms with Crippen LogP contribution in [-0.2, 0) is 0 Å². The van der Waals surface area contributed by atoms with E-state index in [1.165, 1.54) is 0 Å². The lowest BCUT2D eigenvalue weighted by Crippen LogP contribution is -1.88. The number of H-pyrrole nitrogens is 1. The average Bonchev–Trinajstić information content (AvgIpc) is 2.76. The SMILES string of the molecule is Clc1cc2[nH]cc(Nc3ccc(Br)cc3)c2cc1Br. The lowest BCUT2D eigenvalue weighted by Gasteiger charge is -2.05. The molecule has 1 aromatic heterocycles. The van der Waals surface area contributed by atoms with Crippen LogP contribution in [0.5, 0.6) is 0 Å². The molecule has 3 rings (SSSR count). The van der Waals surface area contributed by atoms with Crippen LogP contribution in [0, 0.1) is 0 Å². The van der Waals surface area contributed by atoms with E-state index in [1.54, 1.807) is 0 Å². The van der Waals surface area contributed by atoms with Crippen LogP contribution < -0.4 is 5.32 Å². The molecule has 0 atom stereocenters. The minimum atomic E-state index is 0.699. The molecule has 2 nitrogen and oxygen atoms in total. The Labute approximate surface area is 132 Å². The van der Waals surface area contributed by atoms with Gasteiger partial charge >= 0.3 is 0 Å². The van der Waals surface area contributed by atoms with Crippen LogP contribution in [0.2, 0.25) is 5.02 Å². The van der Waals surface area contributed by atoms with Crippen molar-refractivity contribution >= 4 is 65.7 Å². The fourth-order valence-corrected chi connectivity index (χ4v) is 2.68. The topological polar surface area (TPSA) is 27.8 Å². The molecule has 0 radical (unpaired) electrons. The molecule has 3 aromatic rings. The van der Waals surface area contributed by atoms with E-state index < -0.39 is 0 Å². The second-order valence-corrected chi connectivity index (χ2v) is 6.32. The summed E-state index contributed by atoms with van der Waals surface area (Å²) in [6, 6.07) is 12.0. The van der Waals surface area contributed by atoms with E-state index in [-0.39, 0.29) is 0 Å². The van der Waals surface area contributed by atoms with Gasteiger partial charge in [0.2, 0.25) is 0 Å². The molecule has 0 aliphatic rings. The van der Waals surface area contributed by atoms with E-state index in [9.17, 15) is 0 Å². The normalized spacial score (nSPS) is 10.9. The van der Waals surface area contributed by atoms with Crippen LogP contribution in [0.25, 0.3) is 10.9 Å². The van der Waals surface area contributed by atoms with Gasteiger partial charge in [-0.25, -0.2) is 0 Å². The van der Waals surface area contributed by atoms with Gasteiger partial charge in [0.05, 0.1) is 10.7 Å². The Morgan fingerprint density at radius 1 is 1.05 bits per heavy atom. The predicted molar refractivity (Wildman–Crippen MR) is 88.4 cm³/mol. The van der Waals surface area contributed by atoms with Gasteiger partial charge in [0.15, 0.2) is 0 Å². The summed E-state index contributed by atoms with van der Waals surface area (Å²) in [7, 11) is 0. The summed E-state index contributed by atoms with van der Waals surface area (Å²) in [5, 5.41) is 5.18. The molecular formula is C14H9Br2ClN2. The first kappa shape index (κ1) is 13.0. The van der Waals surface area contributed by atoms with Crippen molar-refractivity contribution in [3.8, 4) is 0 Å². The molecule has 0 unspecified atom stereocenters. The van der Waals surface area contributed by atoms with Crippen LogP contribution in [0.15, 0.2) is 51.5 Å². The van der Waals surface area contributed by atoms with Gasteiger partial charge < -0.3 is 10.3 Å². The highest BCUT2D eigenvalue weighted by atomic mass is 79.9. The molecule has 0 saturated heterocycles. The van der Waals surface area contributed by atoms with E-state index in [2.05, 4.69) is 42.2 Å². The first-order chi connectivity index (χ1) is 9.13. The lowest BCUT2D eigenvalue weighted by atomic mass is 10.2. The summed E-state index contributed by atoms with van der Waals surface area (Å²) in [6.45, 7) is 0. The number of nitrogens with one attached hydrogen (secondary N) is 2. The third kappa shape index (κ3) is 2.66. The van der Waals surface area contributed by atoms with Crippen molar-refractivity contribution in [1.82, 2.24) is 4.98 Å². The van der Waals surface area contributed by atoms with E-state index in [4.69, 9.17) is 11.6 Å². The number of halogens is 3. The van der Waals surface area contributed by atoms with E-state index in [0.717, 1.165) is 31.2 Å². The molecule has 0 saturated carbocycles. The molecule has 5 heteroatoms. The molecule has 0 aliphatic heterocycles. The number of anilines is 2. The standard InChI is InChI=1S/C14H9Br2ClN2/c15-8-1-3-9(4-2-8)19-14-7-18-13-6-12(17)11(16)5-10(13)14/h1-7,18-19H. The quantitative estimate of drug-likeness (QED) is 0.535. The zero-order valence-electron chi connectivity index (χ0n) is 9.68. The van der Waals surface area contributed by atoms with Gasteiger partial charge in [0.1, 0.15) is 0 Å². The third-order valence-electron chi connectivity index (χ3n) is 2.85. The molecule has 0 aliphatic carbocycles. The van der Waals surface area contributed by atoms with Crippen LogP contribution in [0.1, 0.15) is 0 Å². The van der Waals surface area contributed by atoms with Crippen LogP contribution in [0.3, 0.4) is 0 Å². The first-order valence-corrected chi connectivity index (χ1v) is 7.58. The molecular weight excluding hydrogens is 391 g/mol. The van der Waals surface area contributed by atoms with Crippen molar-refractivity contribution in [2.24, 2.45) is 0 Å². The minimum Gasteiger partial charge on any atom is -0.359 e. The Balaban J connectivity index is 2.01. The first-order valence-electron chi connectivity index (χ1n) is 5.62. The van der Waals surface area contributed by atoms with Gasteiger partial charge in [-0.2, -0.15) is 0 Å². The van der Waals surface area contributed by atoms with Gasteiger partial charge in [0.25, 0.3) is 0 Å². The van der Waals surface area contributed by atoms with Crippen molar-refractivity contribution in [2.45, 2.75) is 0 Å². The van der Waals surface area contributed by atoms with Gasteiger partial charge in [0, 0.05) is 31.7 Å². The summed E-state index contributed by atoms with van der Waals surface area (Å²) in [5.74, 6) is 0. The van der Waals surface area contributed by atoms with Crippen LogP contribution >= 0.6 is 43.5 Å². The fraction of sp³-hybridized carbons (Fsp3) is 0. The molecule has 0 fully saturated rings. The average molecular weight is 401 g/mol. The predicted octanol–water partition coefficient (Wildman–Crippen LogP) is 6.09. The Morgan fingerprint density at radius 3 is 2.53 bits per heavy atom. The number of fused-ring (bicyclic) bond motifs is 1. The molecule has 96 valence electrons. The molecule has 0 bridgehead atoms. The number of benzene rings is 2. The van der Waals surface area contributed by atoms with Gasteiger partial charge in [-0.1, -0.05) is 27.5 Å².